The van der Waals surface area contributed by atoms with Gasteiger partial charge in [0.2, 0.25) is 11.8 Å². The minimum atomic E-state index is -0.128. The third kappa shape index (κ3) is 4.41. The van der Waals surface area contributed by atoms with E-state index in [4.69, 9.17) is 0 Å². The molecule has 30 heavy (non-hydrogen) atoms. The van der Waals surface area contributed by atoms with E-state index >= 15 is 0 Å². The first kappa shape index (κ1) is 19.8. The zero-order valence-corrected chi connectivity index (χ0v) is 17.6. The smallest absolute Gasteiger partial charge is 0.230 e. The molecule has 0 unspecified atom stereocenters. The van der Waals surface area contributed by atoms with Crippen LogP contribution in [0.1, 0.15) is 19.5 Å². The number of aromatic nitrogens is 2. The van der Waals surface area contributed by atoms with Gasteiger partial charge in [0, 0.05) is 40.1 Å². The number of carbonyl (C=O) groups excluding carboxylic acids is 2. The average Bonchev–Trinajstić information content (AvgIpc) is 3.31. The maximum absolute atomic E-state index is 12.6. The van der Waals surface area contributed by atoms with Crippen LogP contribution >= 0.6 is 11.3 Å². The van der Waals surface area contributed by atoms with E-state index in [9.17, 15) is 9.59 Å². The summed E-state index contributed by atoms with van der Waals surface area (Å²) in [5.74, 6) is -0.300. The van der Waals surface area contributed by atoms with Gasteiger partial charge >= 0.3 is 0 Å². The number of hydrogen-bond acceptors (Lipinski definition) is 4. The van der Waals surface area contributed by atoms with Crippen molar-refractivity contribution in [3.63, 3.8) is 0 Å². The Morgan fingerprint density at radius 1 is 1.03 bits per heavy atom. The lowest BCUT2D eigenvalue weighted by Crippen LogP contribution is -2.18. The first-order chi connectivity index (χ1) is 14.5. The monoisotopic (exact) mass is 418 g/mol. The molecule has 152 valence electrons. The number of nitrogens with one attached hydrogen (secondary N) is 2. The molecular weight excluding hydrogens is 396 g/mol. The van der Waals surface area contributed by atoms with Gasteiger partial charge in [0.15, 0.2) is 4.96 Å². The van der Waals surface area contributed by atoms with Crippen LogP contribution in [0.25, 0.3) is 16.2 Å². The lowest BCUT2D eigenvalue weighted by atomic mass is 10.2. The number of anilines is 2. The molecule has 2 heterocycles. The van der Waals surface area contributed by atoms with Crippen molar-refractivity contribution in [3.05, 3.63) is 71.9 Å². The minimum absolute atomic E-state index is 0.0616. The van der Waals surface area contributed by atoms with Crippen molar-refractivity contribution < 1.29 is 9.59 Å². The van der Waals surface area contributed by atoms with Gasteiger partial charge in [-0.25, -0.2) is 4.98 Å². The molecule has 0 aliphatic rings. The van der Waals surface area contributed by atoms with Gasteiger partial charge in [-0.1, -0.05) is 50.2 Å². The molecule has 2 aromatic heterocycles. The molecule has 0 bridgehead atoms. The number of rotatable bonds is 6. The Hall–Kier alpha value is -3.45. The van der Waals surface area contributed by atoms with Crippen LogP contribution in [0.3, 0.4) is 0 Å². The molecule has 2 aromatic carbocycles. The number of benzene rings is 2. The van der Waals surface area contributed by atoms with Crippen LogP contribution < -0.4 is 10.6 Å². The Labute approximate surface area is 178 Å². The first-order valence-electron chi connectivity index (χ1n) is 9.71. The zero-order valence-electron chi connectivity index (χ0n) is 16.8. The summed E-state index contributed by atoms with van der Waals surface area (Å²) >= 11 is 1.51. The van der Waals surface area contributed by atoms with E-state index in [1.54, 1.807) is 24.3 Å². The van der Waals surface area contributed by atoms with Crippen LogP contribution in [-0.2, 0) is 16.0 Å². The largest absolute Gasteiger partial charge is 0.326 e. The van der Waals surface area contributed by atoms with Crippen molar-refractivity contribution >= 4 is 39.5 Å². The van der Waals surface area contributed by atoms with Crippen molar-refractivity contribution in [1.82, 2.24) is 9.38 Å². The molecule has 0 aliphatic heterocycles. The van der Waals surface area contributed by atoms with Gasteiger partial charge in [0.25, 0.3) is 0 Å². The van der Waals surface area contributed by atoms with Gasteiger partial charge < -0.3 is 10.6 Å². The van der Waals surface area contributed by atoms with E-state index in [2.05, 4.69) is 15.6 Å². The lowest BCUT2D eigenvalue weighted by Gasteiger charge is -2.10. The Morgan fingerprint density at radius 2 is 1.77 bits per heavy atom. The van der Waals surface area contributed by atoms with E-state index in [1.807, 2.05) is 60.2 Å². The van der Waals surface area contributed by atoms with Gasteiger partial charge in [-0.2, -0.15) is 0 Å². The summed E-state index contributed by atoms with van der Waals surface area (Å²) in [4.78, 5) is 30.0. The highest BCUT2D eigenvalue weighted by atomic mass is 32.1. The number of fused-ring (bicyclic) bond motifs is 1. The number of imidazole rings is 1. The molecule has 2 N–H and O–H groups in total. The van der Waals surface area contributed by atoms with E-state index < -0.39 is 0 Å². The van der Waals surface area contributed by atoms with Crippen LogP contribution in [0.5, 0.6) is 0 Å². The lowest BCUT2D eigenvalue weighted by molar-refractivity contribution is -0.119. The normalized spacial score (nSPS) is 11.0. The highest BCUT2D eigenvalue weighted by Crippen LogP contribution is 2.24. The predicted octanol–water partition coefficient (Wildman–Crippen LogP) is 4.84. The molecule has 0 radical (unpaired) electrons. The molecule has 0 aliphatic carbocycles. The van der Waals surface area contributed by atoms with Gasteiger partial charge in [-0.15, -0.1) is 11.3 Å². The maximum atomic E-state index is 12.6. The van der Waals surface area contributed by atoms with Gasteiger partial charge in [0.05, 0.1) is 12.1 Å². The topological polar surface area (TPSA) is 75.5 Å². The summed E-state index contributed by atoms with van der Waals surface area (Å²) in [7, 11) is 0. The summed E-state index contributed by atoms with van der Waals surface area (Å²) in [6.45, 7) is 3.67. The second-order valence-electron chi connectivity index (χ2n) is 7.32. The van der Waals surface area contributed by atoms with E-state index in [1.165, 1.54) is 11.3 Å². The average molecular weight is 419 g/mol. The highest BCUT2D eigenvalue weighted by molar-refractivity contribution is 7.15. The summed E-state index contributed by atoms with van der Waals surface area (Å²) < 4.78 is 1.96. The van der Waals surface area contributed by atoms with Gasteiger partial charge in [-0.05, 0) is 18.2 Å². The van der Waals surface area contributed by atoms with Crippen molar-refractivity contribution in [2.75, 3.05) is 10.6 Å². The van der Waals surface area contributed by atoms with Gasteiger partial charge in [-0.3, -0.25) is 14.0 Å². The molecule has 0 atom stereocenters. The maximum Gasteiger partial charge on any atom is 0.230 e. The second kappa shape index (κ2) is 8.51. The molecule has 6 nitrogen and oxygen atoms in total. The molecule has 2 amide bonds. The molecule has 0 saturated carbocycles. The quantitative estimate of drug-likeness (QED) is 0.470. The molecule has 7 heteroatoms. The third-order valence-electron chi connectivity index (χ3n) is 4.63. The highest BCUT2D eigenvalue weighted by Gasteiger charge is 2.13. The SMILES string of the molecule is CC(C)C(=O)Nc1cccc(NC(=O)Cc2csc3nc(-c4ccccc4)cn23)c1. The first-order valence-corrected chi connectivity index (χ1v) is 10.6. The second-order valence-corrected chi connectivity index (χ2v) is 8.16. The van der Waals surface area contributed by atoms with Crippen LogP contribution in [0.4, 0.5) is 11.4 Å². The number of nitrogens with zero attached hydrogens (tertiary/aromatic N) is 2. The number of carbonyl (C=O) groups is 2. The summed E-state index contributed by atoms with van der Waals surface area (Å²) in [5, 5.41) is 7.70. The molecule has 0 saturated heterocycles. The molecule has 4 rings (SSSR count). The Bertz CT molecular complexity index is 1190. The fourth-order valence-corrected chi connectivity index (χ4v) is 3.91. The van der Waals surface area contributed by atoms with E-state index in [0.717, 1.165) is 21.9 Å². The zero-order chi connectivity index (χ0) is 21.1. The van der Waals surface area contributed by atoms with Crippen LogP contribution in [0, 0.1) is 5.92 Å². The van der Waals surface area contributed by atoms with Crippen molar-refractivity contribution in [2.45, 2.75) is 20.3 Å². The van der Waals surface area contributed by atoms with Crippen LogP contribution in [0.15, 0.2) is 66.2 Å². The molecule has 4 aromatic rings. The Kier molecular flexibility index (Phi) is 5.63. The van der Waals surface area contributed by atoms with Crippen molar-refractivity contribution in [3.8, 4) is 11.3 Å². The standard InChI is InChI=1S/C23H22N4O2S/c1-15(2)22(29)25-18-10-6-9-17(11-18)24-21(28)12-19-14-30-23-26-20(13-27(19)23)16-7-4-3-5-8-16/h3-11,13-15H,12H2,1-2H3,(H,24,28)(H,25,29). The molecule has 0 spiro atoms. The predicted molar refractivity (Wildman–Crippen MR) is 121 cm³/mol. The van der Waals surface area contributed by atoms with Crippen molar-refractivity contribution in [2.24, 2.45) is 5.92 Å². The van der Waals surface area contributed by atoms with E-state index in [-0.39, 0.29) is 24.2 Å². The number of thiazole rings is 1. The fraction of sp³-hybridized carbons (Fsp3) is 0.174. The van der Waals surface area contributed by atoms with Crippen LogP contribution in [0.2, 0.25) is 0 Å². The summed E-state index contributed by atoms with van der Waals surface area (Å²) in [5.41, 5.74) is 4.11. The number of amides is 2. The molecular formula is C23H22N4O2S. The van der Waals surface area contributed by atoms with Crippen LogP contribution in [-0.4, -0.2) is 21.2 Å². The summed E-state index contributed by atoms with van der Waals surface area (Å²) in [6, 6.07) is 17.1. The summed E-state index contributed by atoms with van der Waals surface area (Å²) in [6.07, 6.45) is 2.19. The number of hydrogen-bond donors (Lipinski definition) is 2. The molecule has 0 fully saturated rings. The van der Waals surface area contributed by atoms with E-state index in [0.29, 0.717) is 11.4 Å². The minimum Gasteiger partial charge on any atom is -0.326 e. The van der Waals surface area contributed by atoms with Crippen molar-refractivity contribution in [1.29, 1.82) is 0 Å². The fourth-order valence-electron chi connectivity index (χ4n) is 3.04. The Morgan fingerprint density at radius 3 is 2.50 bits per heavy atom. The van der Waals surface area contributed by atoms with Gasteiger partial charge in [0.1, 0.15) is 0 Å². The third-order valence-corrected chi connectivity index (χ3v) is 5.52. The Balaban J connectivity index is 1.46.